The Kier molecular flexibility index (Phi) is 4.77. The number of anilines is 1. The normalized spacial score (nSPS) is 11.0. The van der Waals surface area contributed by atoms with Crippen LogP contribution in [0, 0.1) is 0 Å². The van der Waals surface area contributed by atoms with E-state index in [0.29, 0.717) is 23.7 Å². The lowest BCUT2D eigenvalue weighted by atomic mass is 10.2. The van der Waals surface area contributed by atoms with Crippen LogP contribution in [0.15, 0.2) is 47.5 Å². The van der Waals surface area contributed by atoms with E-state index in [-0.39, 0.29) is 10.8 Å². The number of hydrogen-bond donors (Lipinski definition) is 1. The number of rotatable bonds is 5. The van der Waals surface area contributed by atoms with Gasteiger partial charge in [-0.15, -0.1) is 0 Å². The zero-order chi connectivity index (χ0) is 16.2. The molecule has 0 spiro atoms. The molecule has 22 heavy (non-hydrogen) atoms. The van der Waals surface area contributed by atoms with Crippen molar-refractivity contribution in [3.05, 3.63) is 48.2 Å². The number of carbonyl (C=O) groups excluding carboxylic acids is 1. The average Bonchev–Trinajstić information content (AvgIpc) is 2.47. The topological polar surface area (TPSA) is 85.4 Å². The summed E-state index contributed by atoms with van der Waals surface area (Å²) in [6, 6.07) is 9.09. The summed E-state index contributed by atoms with van der Waals surface area (Å²) in [7, 11) is -3.25. The van der Waals surface area contributed by atoms with Gasteiger partial charge in [-0.25, -0.2) is 13.4 Å². The summed E-state index contributed by atoms with van der Waals surface area (Å²) < 4.78 is 28.0. The molecule has 0 atom stereocenters. The number of nitrogens with zero attached hydrogens (tertiary/aromatic N) is 1. The molecular formula is C15H16N2O4S. The van der Waals surface area contributed by atoms with Crippen molar-refractivity contribution in [3.63, 3.8) is 0 Å². The number of hydrogen-bond acceptors (Lipinski definition) is 5. The second kappa shape index (κ2) is 6.57. The molecule has 1 heterocycles. The molecule has 1 amide bonds. The Morgan fingerprint density at radius 2 is 1.91 bits per heavy atom. The molecule has 0 fully saturated rings. The summed E-state index contributed by atoms with van der Waals surface area (Å²) in [6.45, 7) is 2.29. The molecule has 0 aliphatic heterocycles. The van der Waals surface area contributed by atoms with Crippen LogP contribution in [-0.4, -0.2) is 32.2 Å². The lowest BCUT2D eigenvalue weighted by Crippen LogP contribution is -2.12. The van der Waals surface area contributed by atoms with Crippen LogP contribution in [-0.2, 0) is 9.84 Å². The molecule has 116 valence electrons. The molecule has 0 aliphatic rings. The molecule has 7 heteroatoms. The fourth-order valence-electron chi connectivity index (χ4n) is 1.77. The van der Waals surface area contributed by atoms with Crippen LogP contribution in [0.2, 0.25) is 0 Å². The first-order valence-electron chi connectivity index (χ1n) is 6.60. The molecule has 0 saturated heterocycles. The highest BCUT2D eigenvalue weighted by molar-refractivity contribution is 7.90. The third-order valence-corrected chi connectivity index (χ3v) is 3.96. The van der Waals surface area contributed by atoms with Gasteiger partial charge in [-0.3, -0.25) is 4.79 Å². The highest BCUT2D eigenvalue weighted by Gasteiger charge is 2.10. The Labute approximate surface area is 129 Å². The van der Waals surface area contributed by atoms with E-state index in [0.717, 1.165) is 6.26 Å². The van der Waals surface area contributed by atoms with Crippen LogP contribution < -0.4 is 10.1 Å². The molecule has 2 aromatic rings. The number of aromatic nitrogens is 1. The molecule has 0 unspecified atom stereocenters. The van der Waals surface area contributed by atoms with Crippen molar-refractivity contribution < 1.29 is 17.9 Å². The predicted octanol–water partition coefficient (Wildman–Crippen LogP) is 2.14. The van der Waals surface area contributed by atoms with Gasteiger partial charge in [0.2, 0.25) is 5.88 Å². The second-order valence-electron chi connectivity index (χ2n) is 4.57. The molecule has 0 radical (unpaired) electrons. The summed E-state index contributed by atoms with van der Waals surface area (Å²) in [5, 5.41) is 2.69. The van der Waals surface area contributed by atoms with Gasteiger partial charge in [0.15, 0.2) is 9.84 Å². The highest BCUT2D eigenvalue weighted by atomic mass is 32.2. The first-order valence-corrected chi connectivity index (χ1v) is 8.49. The van der Waals surface area contributed by atoms with Crippen LogP contribution in [0.4, 0.5) is 5.69 Å². The number of nitrogens with one attached hydrogen (secondary N) is 1. The Morgan fingerprint density at radius 3 is 2.50 bits per heavy atom. The fraction of sp³-hybridized carbons (Fsp3) is 0.200. The van der Waals surface area contributed by atoms with Gasteiger partial charge < -0.3 is 10.1 Å². The van der Waals surface area contributed by atoms with Crippen LogP contribution >= 0.6 is 0 Å². The van der Waals surface area contributed by atoms with E-state index in [2.05, 4.69) is 10.3 Å². The molecule has 6 nitrogen and oxygen atoms in total. The monoisotopic (exact) mass is 320 g/mol. The van der Waals surface area contributed by atoms with E-state index in [1.54, 1.807) is 24.3 Å². The van der Waals surface area contributed by atoms with Gasteiger partial charge in [-0.05, 0) is 37.3 Å². The molecule has 1 aromatic heterocycles. The summed E-state index contributed by atoms with van der Waals surface area (Å²) in [4.78, 5) is 16.3. The maximum absolute atomic E-state index is 12.1. The minimum absolute atomic E-state index is 0.202. The average molecular weight is 320 g/mol. The first-order chi connectivity index (χ1) is 10.4. The van der Waals surface area contributed by atoms with Crippen molar-refractivity contribution in [2.24, 2.45) is 0 Å². The molecule has 0 aliphatic carbocycles. The Bertz CT molecular complexity index is 770. The Balaban J connectivity index is 2.13. The number of carbonyl (C=O) groups is 1. The van der Waals surface area contributed by atoms with Crippen LogP contribution in [0.5, 0.6) is 5.88 Å². The van der Waals surface area contributed by atoms with Gasteiger partial charge >= 0.3 is 0 Å². The Hall–Kier alpha value is -2.41. The van der Waals surface area contributed by atoms with Gasteiger partial charge in [0.1, 0.15) is 0 Å². The number of sulfone groups is 1. The van der Waals surface area contributed by atoms with Crippen molar-refractivity contribution in [3.8, 4) is 5.88 Å². The van der Waals surface area contributed by atoms with Crippen molar-refractivity contribution in [2.75, 3.05) is 18.2 Å². The highest BCUT2D eigenvalue weighted by Crippen LogP contribution is 2.16. The summed E-state index contributed by atoms with van der Waals surface area (Å²) >= 11 is 0. The van der Waals surface area contributed by atoms with Gasteiger partial charge in [-0.1, -0.05) is 0 Å². The largest absolute Gasteiger partial charge is 0.478 e. The predicted molar refractivity (Wildman–Crippen MR) is 82.9 cm³/mol. The van der Waals surface area contributed by atoms with Crippen molar-refractivity contribution in [1.82, 2.24) is 4.98 Å². The minimum Gasteiger partial charge on any atom is -0.478 e. The summed E-state index contributed by atoms with van der Waals surface area (Å²) in [6.07, 6.45) is 2.62. The number of benzene rings is 1. The number of pyridine rings is 1. The number of amides is 1. The number of ether oxygens (including phenoxy) is 1. The van der Waals surface area contributed by atoms with E-state index in [4.69, 9.17) is 4.74 Å². The van der Waals surface area contributed by atoms with Gasteiger partial charge in [-0.2, -0.15) is 0 Å². The molecule has 0 saturated carbocycles. The van der Waals surface area contributed by atoms with Crippen molar-refractivity contribution in [1.29, 1.82) is 0 Å². The van der Waals surface area contributed by atoms with Gasteiger partial charge in [0.25, 0.3) is 5.91 Å². The van der Waals surface area contributed by atoms with Crippen LogP contribution in [0.3, 0.4) is 0 Å². The van der Waals surface area contributed by atoms with Gasteiger partial charge in [0, 0.05) is 29.8 Å². The first kappa shape index (κ1) is 16.0. The summed E-state index contributed by atoms with van der Waals surface area (Å²) in [5.41, 5.74) is 0.915. The third kappa shape index (κ3) is 4.05. The standard InChI is InChI=1S/C15H16N2O4S/c1-3-21-14-10-11(8-9-16-14)15(18)17-12-4-6-13(7-5-12)22(2,19)20/h4-10H,3H2,1-2H3,(H,17,18). The zero-order valence-corrected chi connectivity index (χ0v) is 13.1. The molecule has 0 bridgehead atoms. The SMILES string of the molecule is CCOc1cc(C(=O)Nc2ccc(S(C)(=O)=O)cc2)ccn1. The fourth-order valence-corrected chi connectivity index (χ4v) is 2.40. The lowest BCUT2D eigenvalue weighted by molar-refractivity contribution is 0.102. The van der Waals surface area contributed by atoms with E-state index in [1.807, 2.05) is 6.92 Å². The molecule has 1 aromatic carbocycles. The van der Waals surface area contributed by atoms with Gasteiger partial charge in [0.05, 0.1) is 11.5 Å². The van der Waals surface area contributed by atoms with Crippen LogP contribution in [0.1, 0.15) is 17.3 Å². The van der Waals surface area contributed by atoms with E-state index >= 15 is 0 Å². The molecule has 1 N–H and O–H groups in total. The molecule has 2 rings (SSSR count). The van der Waals surface area contributed by atoms with Crippen molar-refractivity contribution >= 4 is 21.4 Å². The Morgan fingerprint density at radius 1 is 1.23 bits per heavy atom. The second-order valence-corrected chi connectivity index (χ2v) is 6.58. The maximum atomic E-state index is 12.1. The maximum Gasteiger partial charge on any atom is 0.255 e. The summed E-state index contributed by atoms with van der Waals surface area (Å²) in [5.74, 6) is 0.0537. The van der Waals surface area contributed by atoms with E-state index in [1.165, 1.54) is 18.3 Å². The smallest absolute Gasteiger partial charge is 0.255 e. The minimum atomic E-state index is -3.25. The van der Waals surface area contributed by atoms with Crippen LogP contribution in [0.25, 0.3) is 0 Å². The van der Waals surface area contributed by atoms with E-state index in [9.17, 15) is 13.2 Å². The van der Waals surface area contributed by atoms with E-state index < -0.39 is 9.84 Å². The zero-order valence-electron chi connectivity index (χ0n) is 12.2. The van der Waals surface area contributed by atoms with Crippen molar-refractivity contribution in [2.45, 2.75) is 11.8 Å². The molecular weight excluding hydrogens is 304 g/mol. The quantitative estimate of drug-likeness (QED) is 0.912. The third-order valence-electron chi connectivity index (χ3n) is 2.83. The lowest BCUT2D eigenvalue weighted by Gasteiger charge is -2.07.